The van der Waals surface area contributed by atoms with Gasteiger partial charge in [0, 0.05) is 17.3 Å². The lowest BCUT2D eigenvalue weighted by Crippen LogP contribution is -2.22. The predicted molar refractivity (Wildman–Crippen MR) is 86.7 cm³/mol. The fraction of sp³-hybridized carbons (Fsp3) is 0.125. The highest BCUT2D eigenvalue weighted by Gasteiger charge is 2.20. The highest BCUT2D eigenvalue weighted by molar-refractivity contribution is 5.77. The van der Waals surface area contributed by atoms with Gasteiger partial charge in [-0.15, -0.1) is 0 Å². The molecule has 3 rings (SSSR count). The van der Waals surface area contributed by atoms with Crippen LogP contribution in [0.15, 0.2) is 46.0 Å². The molecule has 0 amide bonds. The van der Waals surface area contributed by atoms with Gasteiger partial charge in [0.25, 0.3) is 5.56 Å². The van der Waals surface area contributed by atoms with Gasteiger partial charge in [-0.05, 0) is 6.92 Å². The third-order valence-electron chi connectivity index (χ3n) is 3.43. The number of nitrogens with zero attached hydrogens (tertiary/aromatic N) is 2. The summed E-state index contributed by atoms with van der Waals surface area (Å²) in [5, 5.41) is 9.08. The Bertz CT molecular complexity index is 1010. The minimum atomic E-state index is -1.15. The summed E-state index contributed by atoms with van der Waals surface area (Å²) in [6, 6.07) is 10.2. The molecule has 24 heavy (non-hydrogen) atoms. The van der Waals surface area contributed by atoms with E-state index in [1.807, 2.05) is 6.07 Å². The van der Waals surface area contributed by atoms with Gasteiger partial charge in [0.1, 0.15) is 12.2 Å². The molecule has 1 aromatic carbocycles. The van der Waals surface area contributed by atoms with Crippen molar-refractivity contribution in [1.29, 1.82) is 0 Å². The van der Waals surface area contributed by atoms with E-state index >= 15 is 0 Å². The van der Waals surface area contributed by atoms with Gasteiger partial charge in [-0.3, -0.25) is 14.2 Å². The Morgan fingerprint density at radius 2 is 1.92 bits per heavy atom. The van der Waals surface area contributed by atoms with Crippen molar-refractivity contribution >= 4 is 5.97 Å². The first kappa shape index (κ1) is 15.5. The number of nitrogens with one attached hydrogen (secondary N) is 2. The zero-order chi connectivity index (χ0) is 17.3. The summed E-state index contributed by atoms with van der Waals surface area (Å²) in [6.07, 6.45) is 0. The van der Waals surface area contributed by atoms with Gasteiger partial charge in [-0.2, -0.15) is 0 Å². The van der Waals surface area contributed by atoms with Crippen molar-refractivity contribution in [3.8, 4) is 22.8 Å². The number of benzene rings is 1. The van der Waals surface area contributed by atoms with E-state index in [9.17, 15) is 14.4 Å². The van der Waals surface area contributed by atoms with Crippen molar-refractivity contribution in [2.45, 2.75) is 13.5 Å². The quantitative estimate of drug-likeness (QED) is 0.660. The molecule has 0 atom stereocenters. The lowest BCUT2D eigenvalue weighted by atomic mass is 10.1. The van der Waals surface area contributed by atoms with Crippen LogP contribution < -0.4 is 11.2 Å². The monoisotopic (exact) mass is 326 g/mol. The molecular formula is C16H14N4O4. The zero-order valence-electron chi connectivity index (χ0n) is 12.7. The lowest BCUT2D eigenvalue weighted by Gasteiger charge is -2.08. The highest BCUT2D eigenvalue weighted by atomic mass is 16.4. The zero-order valence-corrected chi connectivity index (χ0v) is 12.7. The van der Waals surface area contributed by atoms with E-state index in [0.29, 0.717) is 17.0 Å². The van der Waals surface area contributed by atoms with Crippen molar-refractivity contribution in [2.24, 2.45) is 0 Å². The number of rotatable bonds is 4. The van der Waals surface area contributed by atoms with Crippen LogP contribution in [0.4, 0.5) is 0 Å². The average molecular weight is 326 g/mol. The molecule has 2 aromatic heterocycles. The normalized spacial score (nSPS) is 10.7. The predicted octanol–water partition coefficient (Wildman–Crippen LogP) is 0.987. The molecular weight excluding hydrogens is 312 g/mol. The van der Waals surface area contributed by atoms with Crippen molar-refractivity contribution < 1.29 is 9.90 Å². The van der Waals surface area contributed by atoms with E-state index in [0.717, 1.165) is 4.57 Å². The first-order valence-electron chi connectivity index (χ1n) is 7.14. The van der Waals surface area contributed by atoms with Crippen LogP contribution in [-0.2, 0) is 11.3 Å². The third-order valence-corrected chi connectivity index (χ3v) is 3.43. The van der Waals surface area contributed by atoms with Gasteiger partial charge in [-0.25, -0.2) is 9.78 Å². The molecule has 3 N–H and O–H groups in total. The van der Waals surface area contributed by atoms with Crippen LogP contribution in [0.25, 0.3) is 22.8 Å². The number of hydrogen-bond acceptors (Lipinski definition) is 4. The van der Waals surface area contributed by atoms with Gasteiger partial charge in [0.15, 0.2) is 5.82 Å². The molecule has 8 nitrogen and oxygen atoms in total. The van der Waals surface area contributed by atoms with E-state index in [1.54, 1.807) is 31.2 Å². The maximum atomic E-state index is 12.2. The summed E-state index contributed by atoms with van der Waals surface area (Å²) < 4.78 is 1.11. The third kappa shape index (κ3) is 2.89. The Morgan fingerprint density at radius 3 is 2.54 bits per heavy atom. The lowest BCUT2D eigenvalue weighted by molar-refractivity contribution is -0.137. The number of aromatic nitrogens is 4. The Balaban J connectivity index is 2.32. The molecule has 0 saturated carbocycles. The standard InChI is InChI=1S/C16H14N4O4/c1-9-7-11(21)18-15(17-9)13-14(10-5-3-2-4-6-10)20(8-12(22)23)16(24)19-13/h2-7H,8H2,1H3,(H,19,24)(H,22,23)(H,17,18,21). The smallest absolute Gasteiger partial charge is 0.327 e. The Hall–Kier alpha value is -3.42. The second-order valence-corrected chi connectivity index (χ2v) is 5.24. The van der Waals surface area contributed by atoms with Gasteiger partial charge < -0.3 is 15.1 Å². The van der Waals surface area contributed by atoms with Crippen molar-refractivity contribution in [1.82, 2.24) is 19.5 Å². The molecule has 8 heteroatoms. The van der Waals surface area contributed by atoms with E-state index < -0.39 is 18.2 Å². The van der Waals surface area contributed by atoms with Gasteiger partial charge in [-0.1, -0.05) is 30.3 Å². The Labute approximate surface area is 135 Å². The second-order valence-electron chi connectivity index (χ2n) is 5.24. The molecule has 0 spiro atoms. The number of imidazole rings is 1. The SMILES string of the molecule is Cc1cc(=O)[nH]c(-c2[nH]c(=O)n(CC(=O)O)c2-c2ccccc2)n1. The molecule has 0 aliphatic heterocycles. The molecule has 0 bridgehead atoms. The summed E-state index contributed by atoms with van der Waals surface area (Å²) >= 11 is 0. The largest absolute Gasteiger partial charge is 0.480 e. The topological polar surface area (TPSA) is 121 Å². The summed E-state index contributed by atoms with van der Waals surface area (Å²) in [5.41, 5.74) is 0.805. The molecule has 0 saturated heterocycles. The first-order chi connectivity index (χ1) is 11.5. The Kier molecular flexibility index (Phi) is 3.87. The fourth-order valence-corrected chi connectivity index (χ4v) is 2.52. The summed E-state index contributed by atoms with van der Waals surface area (Å²) in [7, 11) is 0. The fourth-order valence-electron chi connectivity index (χ4n) is 2.52. The second kappa shape index (κ2) is 5.99. The van der Waals surface area contributed by atoms with Crippen molar-refractivity contribution in [3.63, 3.8) is 0 Å². The van der Waals surface area contributed by atoms with Crippen LogP contribution in [0.1, 0.15) is 5.69 Å². The van der Waals surface area contributed by atoms with Gasteiger partial charge >= 0.3 is 11.7 Å². The minimum absolute atomic E-state index is 0.181. The van der Waals surface area contributed by atoms with Crippen molar-refractivity contribution in [3.05, 3.63) is 62.9 Å². The molecule has 0 unspecified atom stereocenters. The van der Waals surface area contributed by atoms with Gasteiger partial charge in [0.05, 0.1) is 5.69 Å². The highest BCUT2D eigenvalue weighted by Crippen LogP contribution is 2.27. The maximum absolute atomic E-state index is 12.2. The molecule has 2 heterocycles. The number of aryl methyl sites for hydroxylation is 1. The Morgan fingerprint density at radius 1 is 1.21 bits per heavy atom. The van der Waals surface area contributed by atoms with E-state index in [-0.39, 0.29) is 17.1 Å². The number of carboxylic acids is 1. The van der Waals surface area contributed by atoms with Crippen LogP contribution in [0.3, 0.4) is 0 Å². The summed E-state index contributed by atoms with van der Waals surface area (Å²) in [4.78, 5) is 44.5. The van der Waals surface area contributed by atoms with Crippen LogP contribution in [0.5, 0.6) is 0 Å². The van der Waals surface area contributed by atoms with E-state index in [2.05, 4.69) is 15.0 Å². The van der Waals surface area contributed by atoms with Crippen LogP contribution in [0.2, 0.25) is 0 Å². The molecule has 122 valence electrons. The number of H-pyrrole nitrogens is 2. The molecule has 3 aromatic rings. The van der Waals surface area contributed by atoms with Crippen LogP contribution in [0, 0.1) is 6.92 Å². The number of aromatic amines is 2. The maximum Gasteiger partial charge on any atom is 0.327 e. The van der Waals surface area contributed by atoms with Crippen LogP contribution >= 0.6 is 0 Å². The van der Waals surface area contributed by atoms with Crippen molar-refractivity contribution in [2.75, 3.05) is 0 Å². The first-order valence-corrected chi connectivity index (χ1v) is 7.14. The number of hydrogen-bond donors (Lipinski definition) is 3. The molecule has 0 aliphatic carbocycles. The number of aliphatic carboxylic acids is 1. The molecule has 0 radical (unpaired) electrons. The summed E-state index contributed by atoms with van der Waals surface area (Å²) in [6.45, 7) is 1.16. The summed E-state index contributed by atoms with van der Waals surface area (Å²) in [5.74, 6) is -0.967. The van der Waals surface area contributed by atoms with Crippen LogP contribution in [-0.4, -0.2) is 30.6 Å². The van der Waals surface area contributed by atoms with E-state index in [4.69, 9.17) is 5.11 Å². The number of carboxylic acid groups (broad SMARTS) is 1. The molecule has 0 fully saturated rings. The van der Waals surface area contributed by atoms with Gasteiger partial charge in [0.2, 0.25) is 0 Å². The number of carbonyl (C=O) groups is 1. The average Bonchev–Trinajstić information content (AvgIpc) is 2.83. The van der Waals surface area contributed by atoms with E-state index in [1.165, 1.54) is 6.07 Å². The minimum Gasteiger partial charge on any atom is -0.480 e. The molecule has 0 aliphatic rings.